The standard InChI is InChI=1S/C23H26N2O5/c1-28-19-6-4-3-5-18(19)24-22(26)14-30-20-12-7-15(13-21(20)29-2)23(27)25-16-8-9-17(25)11-10-16/h3-7,12-13,16-17H,8-11,14H2,1-2H3,(H,24,26). The molecule has 2 bridgehead atoms. The van der Waals surface area contributed by atoms with Gasteiger partial charge in [-0.3, -0.25) is 9.59 Å². The fraction of sp³-hybridized carbons (Fsp3) is 0.391. The maximum Gasteiger partial charge on any atom is 0.262 e. The largest absolute Gasteiger partial charge is 0.495 e. The smallest absolute Gasteiger partial charge is 0.262 e. The summed E-state index contributed by atoms with van der Waals surface area (Å²) in [6.07, 6.45) is 4.37. The summed E-state index contributed by atoms with van der Waals surface area (Å²) >= 11 is 0. The van der Waals surface area contributed by atoms with E-state index in [1.54, 1.807) is 37.4 Å². The molecule has 0 radical (unpaired) electrons. The van der Waals surface area contributed by atoms with Crippen molar-refractivity contribution in [2.75, 3.05) is 26.1 Å². The average molecular weight is 410 g/mol. The molecule has 2 heterocycles. The van der Waals surface area contributed by atoms with Crippen molar-refractivity contribution in [1.29, 1.82) is 0 Å². The van der Waals surface area contributed by atoms with Gasteiger partial charge in [0.2, 0.25) is 0 Å². The summed E-state index contributed by atoms with van der Waals surface area (Å²) in [5.74, 6) is 1.13. The van der Waals surface area contributed by atoms with Crippen LogP contribution in [-0.4, -0.2) is 49.6 Å². The molecule has 2 amide bonds. The highest BCUT2D eigenvalue weighted by Gasteiger charge is 2.42. The van der Waals surface area contributed by atoms with E-state index < -0.39 is 0 Å². The van der Waals surface area contributed by atoms with Gasteiger partial charge >= 0.3 is 0 Å². The summed E-state index contributed by atoms with van der Waals surface area (Å²) in [6.45, 7) is -0.196. The van der Waals surface area contributed by atoms with Gasteiger partial charge in [-0.05, 0) is 56.0 Å². The molecule has 2 fully saturated rings. The number of benzene rings is 2. The molecule has 0 saturated carbocycles. The molecule has 2 aliphatic rings. The van der Waals surface area contributed by atoms with Crippen molar-refractivity contribution in [3.8, 4) is 17.2 Å². The van der Waals surface area contributed by atoms with Gasteiger partial charge in [0, 0.05) is 17.6 Å². The number of hydrogen-bond acceptors (Lipinski definition) is 5. The molecule has 2 aliphatic heterocycles. The number of amides is 2. The van der Waals surface area contributed by atoms with E-state index in [4.69, 9.17) is 14.2 Å². The van der Waals surface area contributed by atoms with Crippen LogP contribution in [0.3, 0.4) is 0 Å². The number of ether oxygens (including phenoxy) is 3. The molecule has 158 valence electrons. The molecule has 7 heteroatoms. The van der Waals surface area contributed by atoms with E-state index in [0.717, 1.165) is 25.7 Å². The van der Waals surface area contributed by atoms with Crippen molar-refractivity contribution < 1.29 is 23.8 Å². The number of anilines is 1. The van der Waals surface area contributed by atoms with Gasteiger partial charge < -0.3 is 24.4 Å². The molecular formula is C23H26N2O5. The lowest BCUT2D eigenvalue weighted by atomic mass is 10.0. The summed E-state index contributed by atoms with van der Waals surface area (Å²) in [5.41, 5.74) is 1.15. The first kappa shape index (κ1) is 20.1. The highest BCUT2D eigenvalue weighted by Crippen LogP contribution is 2.39. The normalized spacial score (nSPS) is 19.5. The van der Waals surface area contributed by atoms with Crippen molar-refractivity contribution >= 4 is 17.5 Å². The van der Waals surface area contributed by atoms with Crippen molar-refractivity contribution in [1.82, 2.24) is 4.90 Å². The van der Waals surface area contributed by atoms with Crippen LogP contribution in [0.25, 0.3) is 0 Å². The Labute approximate surface area is 175 Å². The molecule has 2 aromatic rings. The third-order valence-electron chi connectivity index (χ3n) is 5.84. The van der Waals surface area contributed by atoms with Crippen molar-refractivity contribution in [2.24, 2.45) is 0 Å². The van der Waals surface area contributed by atoms with E-state index in [1.165, 1.54) is 7.11 Å². The molecule has 2 saturated heterocycles. The van der Waals surface area contributed by atoms with E-state index in [2.05, 4.69) is 5.32 Å². The lowest BCUT2D eigenvalue weighted by Gasteiger charge is -2.22. The Kier molecular flexibility index (Phi) is 5.79. The predicted molar refractivity (Wildman–Crippen MR) is 112 cm³/mol. The van der Waals surface area contributed by atoms with Gasteiger partial charge in [0.1, 0.15) is 5.75 Å². The molecule has 0 atom stereocenters. The quantitative estimate of drug-likeness (QED) is 0.756. The van der Waals surface area contributed by atoms with Gasteiger partial charge in [-0.1, -0.05) is 12.1 Å². The fourth-order valence-electron chi connectivity index (χ4n) is 4.39. The Balaban J connectivity index is 1.41. The van der Waals surface area contributed by atoms with E-state index in [0.29, 0.717) is 40.6 Å². The molecule has 30 heavy (non-hydrogen) atoms. The summed E-state index contributed by atoms with van der Waals surface area (Å²) in [6, 6.07) is 13.0. The minimum absolute atomic E-state index is 0.0405. The van der Waals surface area contributed by atoms with Crippen LogP contribution in [0.5, 0.6) is 17.2 Å². The summed E-state index contributed by atoms with van der Waals surface area (Å²) < 4.78 is 16.3. The van der Waals surface area contributed by atoms with Crippen molar-refractivity contribution in [3.05, 3.63) is 48.0 Å². The molecule has 0 spiro atoms. The molecule has 0 aliphatic carbocycles. The first-order chi connectivity index (χ1) is 14.6. The van der Waals surface area contributed by atoms with E-state index >= 15 is 0 Å². The van der Waals surface area contributed by atoms with Gasteiger partial charge in [-0.25, -0.2) is 0 Å². The van der Waals surface area contributed by atoms with Crippen LogP contribution in [0.4, 0.5) is 5.69 Å². The summed E-state index contributed by atoms with van der Waals surface area (Å²) in [5, 5.41) is 2.76. The Morgan fingerprint density at radius 2 is 1.60 bits per heavy atom. The van der Waals surface area contributed by atoms with Crippen LogP contribution < -0.4 is 19.5 Å². The maximum absolute atomic E-state index is 13.0. The van der Waals surface area contributed by atoms with E-state index in [-0.39, 0.29) is 18.4 Å². The zero-order chi connectivity index (χ0) is 21.1. The zero-order valence-corrected chi connectivity index (χ0v) is 17.2. The highest BCUT2D eigenvalue weighted by molar-refractivity contribution is 5.96. The van der Waals surface area contributed by atoms with E-state index in [9.17, 15) is 9.59 Å². The predicted octanol–water partition coefficient (Wildman–Crippen LogP) is 3.49. The highest BCUT2D eigenvalue weighted by atomic mass is 16.5. The van der Waals surface area contributed by atoms with Crippen molar-refractivity contribution in [3.63, 3.8) is 0 Å². The number of hydrogen-bond donors (Lipinski definition) is 1. The Bertz CT molecular complexity index is 925. The number of carbonyl (C=O) groups is 2. The SMILES string of the molecule is COc1ccccc1NC(=O)COc1ccc(C(=O)N2C3CCC2CC3)cc1OC. The van der Waals surface area contributed by atoms with Gasteiger partial charge in [0.25, 0.3) is 11.8 Å². The molecular weight excluding hydrogens is 384 g/mol. The fourth-order valence-corrected chi connectivity index (χ4v) is 4.39. The second-order valence-corrected chi connectivity index (χ2v) is 7.58. The van der Waals surface area contributed by atoms with Gasteiger partial charge in [0.15, 0.2) is 18.1 Å². The Hall–Kier alpha value is -3.22. The molecule has 0 unspecified atom stereocenters. The zero-order valence-electron chi connectivity index (χ0n) is 17.2. The first-order valence-corrected chi connectivity index (χ1v) is 10.2. The number of methoxy groups -OCH3 is 2. The second kappa shape index (κ2) is 8.65. The minimum Gasteiger partial charge on any atom is -0.495 e. The number of rotatable bonds is 7. The lowest BCUT2D eigenvalue weighted by molar-refractivity contribution is -0.118. The van der Waals surface area contributed by atoms with E-state index in [1.807, 2.05) is 17.0 Å². The van der Waals surface area contributed by atoms with Crippen LogP contribution in [0.2, 0.25) is 0 Å². The third-order valence-corrected chi connectivity index (χ3v) is 5.84. The molecule has 2 aromatic carbocycles. The molecule has 7 nitrogen and oxygen atoms in total. The number of nitrogens with zero attached hydrogens (tertiary/aromatic N) is 1. The number of carbonyl (C=O) groups excluding carboxylic acids is 2. The van der Waals surface area contributed by atoms with Crippen LogP contribution in [0, 0.1) is 0 Å². The van der Waals surface area contributed by atoms with Crippen LogP contribution in [0.1, 0.15) is 36.0 Å². The van der Waals surface area contributed by atoms with Crippen LogP contribution in [0.15, 0.2) is 42.5 Å². The lowest BCUT2D eigenvalue weighted by Crippen LogP contribution is -2.35. The number of nitrogens with one attached hydrogen (secondary N) is 1. The molecule has 4 rings (SSSR count). The number of fused-ring (bicyclic) bond motifs is 2. The number of para-hydroxylation sites is 2. The average Bonchev–Trinajstić information content (AvgIpc) is 3.38. The summed E-state index contributed by atoms with van der Waals surface area (Å²) in [4.78, 5) is 27.3. The molecule has 1 N–H and O–H groups in total. The Morgan fingerprint density at radius 1 is 0.933 bits per heavy atom. The second-order valence-electron chi connectivity index (χ2n) is 7.58. The van der Waals surface area contributed by atoms with Crippen molar-refractivity contribution in [2.45, 2.75) is 37.8 Å². The minimum atomic E-state index is -0.324. The van der Waals surface area contributed by atoms with Gasteiger partial charge in [0.05, 0.1) is 19.9 Å². The topological polar surface area (TPSA) is 77.1 Å². The third kappa shape index (κ3) is 3.92. The molecule has 0 aromatic heterocycles. The van der Waals surface area contributed by atoms with Gasteiger partial charge in [-0.15, -0.1) is 0 Å². The van der Waals surface area contributed by atoms with Gasteiger partial charge in [-0.2, -0.15) is 0 Å². The first-order valence-electron chi connectivity index (χ1n) is 10.2. The summed E-state index contributed by atoms with van der Waals surface area (Å²) in [7, 11) is 3.06. The maximum atomic E-state index is 13.0. The Morgan fingerprint density at radius 3 is 2.27 bits per heavy atom. The van der Waals surface area contributed by atoms with Crippen LogP contribution in [-0.2, 0) is 4.79 Å². The monoisotopic (exact) mass is 410 g/mol. The van der Waals surface area contributed by atoms with Crippen LogP contribution >= 0.6 is 0 Å².